The SMILES string of the molecule is CCC1NC(=O)N(CC)N1CC. The molecule has 1 aliphatic heterocycles. The van der Waals surface area contributed by atoms with Crippen LogP contribution in [0.25, 0.3) is 0 Å². The summed E-state index contributed by atoms with van der Waals surface area (Å²) in [7, 11) is 0. The molecule has 1 N–H and O–H groups in total. The second kappa shape index (κ2) is 3.76. The van der Waals surface area contributed by atoms with Crippen LogP contribution in [0.15, 0.2) is 0 Å². The van der Waals surface area contributed by atoms with Gasteiger partial charge in [-0.1, -0.05) is 13.8 Å². The summed E-state index contributed by atoms with van der Waals surface area (Å²) in [6, 6.07) is 0.0335. The zero-order chi connectivity index (χ0) is 9.14. The predicted octanol–water partition coefficient (Wildman–Crippen LogP) is 1.00. The molecule has 0 spiro atoms. The number of nitrogens with zero attached hydrogens (tertiary/aromatic N) is 2. The third-order valence-electron chi connectivity index (χ3n) is 2.20. The van der Waals surface area contributed by atoms with E-state index < -0.39 is 0 Å². The van der Waals surface area contributed by atoms with Crippen molar-refractivity contribution >= 4 is 6.03 Å². The van der Waals surface area contributed by atoms with Crippen LogP contribution in [0.5, 0.6) is 0 Å². The number of carbonyl (C=O) groups is 1. The average Bonchev–Trinajstić information content (AvgIpc) is 2.40. The van der Waals surface area contributed by atoms with E-state index in [1.165, 1.54) is 0 Å². The molecule has 2 amide bonds. The fourth-order valence-electron chi connectivity index (χ4n) is 1.61. The molecule has 0 aromatic rings. The van der Waals surface area contributed by atoms with Gasteiger partial charge in [0.15, 0.2) is 0 Å². The zero-order valence-corrected chi connectivity index (χ0v) is 8.00. The lowest BCUT2D eigenvalue weighted by atomic mass is 10.4. The van der Waals surface area contributed by atoms with Gasteiger partial charge in [-0.05, 0) is 13.3 Å². The molecule has 1 heterocycles. The number of hydrazine groups is 1. The minimum atomic E-state index is 0.0335. The predicted molar refractivity (Wildman–Crippen MR) is 47.4 cm³/mol. The monoisotopic (exact) mass is 171 g/mol. The summed E-state index contributed by atoms with van der Waals surface area (Å²) < 4.78 is 0. The van der Waals surface area contributed by atoms with Gasteiger partial charge in [0, 0.05) is 13.1 Å². The van der Waals surface area contributed by atoms with Gasteiger partial charge in [-0.2, -0.15) is 5.01 Å². The molecule has 4 nitrogen and oxygen atoms in total. The lowest BCUT2D eigenvalue weighted by Crippen LogP contribution is -2.42. The average molecular weight is 171 g/mol. The van der Waals surface area contributed by atoms with Crippen molar-refractivity contribution in [2.45, 2.75) is 33.4 Å². The topological polar surface area (TPSA) is 35.6 Å². The van der Waals surface area contributed by atoms with Crippen LogP contribution in [0.3, 0.4) is 0 Å². The van der Waals surface area contributed by atoms with E-state index in [9.17, 15) is 4.79 Å². The van der Waals surface area contributed by atoms with Gasteiger partial charge < -0.3 is 5.32 Å². The van der Waals surface area contributed by atoms with E-state index >= 15 is 0 Å². The van der Waals surface area contributed by atoms with Gasteiger partial charge >= 0.3 is 6.03 Å². The van der Waals surface area contributed by atoms with E-state index in [2.05, 4.69) is 24.2 Å². The molecule has 0 aliphatic carbocycles. The Morgan fingerprint density at radius 1 is 1.33 bits per heavy atom. The van der Waals surface area contributed by atoms with E-state index in [4.69, 9.17) is 0 Å². The Hall–Kier alpha value is -0.770. The highest BCUT2D eigenvalue weighted by molar-refractivity contribution is 5.75. The smallest absolute Gasteiger partial charge is 0.320 e. The Kier molecular flexibility index (Phi) is 2.92. The van der Waals surface area contributed by atoms with Crippen molar-refractivity contribution in [2.75, 3.05) is 13.1 Å². The molecule has 1 rings (SSSR count). The highest BCUT2D eigenvalue weighted by Crippen LogP contribution is 2.13. The second-order valence-electron chi connectivity index (χ2n) is 2.84. The lowest BCUT2D eigenvalue weighted by Gasteiger charge is -2.27. The summed E-state index contributed by atoms with van der Waals surface area (Å²) in [6.07, 6.45) is 1.15. The fourth-order valence-corrected chi connectivity index (χ4v) is 1.61. The van der Waals surface area contributed by atoms with Crippen molar-refractivity contribution in [2.24, 2.45) is 0 Å². The zero-order valence-electron chi connectivity index (χ0n) is 8.00. The summed E-state index contributed by atoms with van der Waals surface area (Å²) in [6.45, 7) is 7.75. The molecule has 70 valence electrons. The number of rotatable bonds is 3. The first kappa shape index (κ1) is 9.32. The van der Waals surface area contributed by atoms with Gasteiger partial charge in [-0.15, -0.1) is 0 Å². The van der Waals surface area contributed by atoms with Crippen LogP contribution in [0.2, 0.25) is 0 Å². The van der Waals surface area contributed by atoms with E-state index in [0.29, 0.717) is 0 Å². The minimum absolute atomic E-state index is 0.0335. The first-order valence-corrected chi connectivity index (χ1v) is 4.59. The number of urea groups is 1. The van der Waals surface area contributed by atoms with Gasteiger partial charge in [-0.25, -0.2) is 4.79 Å². The quantitative estimate of drug-likeness (QED) is 0.687. The van der Waals surface area contributed by atoms with E-state index in [1.54, 1.807) is 5.01 Å². The summed E-state index contributed by atoms with van der Waals surface area (Å²) in [5.74, 6) is 0. The minimum Gasteiger partial charge on any atom is -0.320 e. The number of amides is 2. The van der Waals surface area contributed by atoms with Crippen LogP contribution in [0.1, 0.15) is 27.2 Å². The summed E-state index contributed by atoms with van der Waals surface area (Å²) >= 11 is 0. The fraction of sp³-hybridized carbons (Fsp3) is 0.875. The van der Waals surface area contributed by atoms with E-state index in [1.807, 2.05) is 6.92 Å². The molecule has 0 aromatic heterocycles. The molecule has 0 radical (unpaired) electrons. The van der Waals surface area contributed by atoms with Crippen LogP contribution < -0.4 is 5.32 Å². The summed E-state index contributed by atoms with van der Waals surface area (Å²) in [5.41, 5.74) is 0. The number of hydrogen-bond donors (Lipinski definition) is 1. The van der Waals surface area contributed by atoms with Crippen LogP contribution in [-0.2, 0) is 0 Å². The molecule has 12 heavy (non-hydrogen) atoms. The van der Waals surface area contributed by atoms with Gasteiger partial charge in [-0.3, -0.25) is 5.01 Å². The molecular weight excluding hydrogens is 154 g/mol. The maximum absolute atomic E-state index is 11.3. The Morgan fingerprint density at radius 3 is 2.42 bits per heavy atom. The first-order chi connectivity index (χ1) is 5.74. The van der Waals surface area contributed by atoms with Crippen molar-refractivity contribution in [1.82, 2.24) is 15.3 Å². The highest BCUT2D eigenvalue weighted by Gasteiger charge is 2.33. The van der Waals surface area contributed by atoms with Gasteiger partial charge in [0.05, 0.1) is 0 Å². The van der Waals surface area contributed by atoms with Gasteiger partial charge in [0.2, 0.25) is 0 Å². The standard InChI is InChI=1S/C8H17N3O/c1-4-7-9-8(12)11(6-3)10(7)5-2/h7H,4-6H2,1-3H3,(H,9,12). The Balaban J connectivity index is 2.68. The molecule has 1 unspecified atom stereocenters. The number of nitrogens with one attached hydrogen (secondary N) is 1. The summed E-state index contributed by atoms with van der Waals surface area (Å²) in [5, 5.41) is 6.75. The molecule has 4 heteroatoms. The molecule has 0 saturated carbocycles. The van der Waals surface area contributed by atoms with Crippen molar-refractivity contribution < 1.29 is 4.79 Å². The largest absolute Gasteiger partial charge is 0.333 e. The Labute approximate surface area is 73.5 Å². The van der Waals surface area contributed by atoms with Crippen molar-refractivity contribution in [3.8, 4) is 0 Å². The van der Waals surface area contributed by atoms with Crippen LogP contribution in [-0.4, -0.2) is 35.3 Å². The normalized spacial score (nSPS) is 24.8. The maximum atomic E-state index is 11.3. The molecule has 0 bridgehead atoms. The molecule has 1 fully saturated rings. The van der Waals surface area contributed by atoms with Gasteiger partial charge in [0.1, 0.15) is 6.17 Å². The molecule has 1 atom stereocenters. The Bertz CT molecular complexity index is 172. The lowest BCUT2D eigenvalue weighted by molar-refractivity contribution is 0.0265. The first-order valence-electron chi connectivity index (χ1n) is 4.59. The van der Waals surface area contributed by atoms with Crippen LogP contribution in [0, 0.1) is 0 Å². The second-order valence-corrected chi connectivity index (χ2v) is 2.84. The van der Waals surface area contributed by atoms with E-state index in [-0.39, 0.29) is 12.2 Å². The third-order valence-corrected chi connectivity index (χ3v) is 2.20. The van der Waals surface area contributed by atoms with Crippen molar-refractivity contribution in [3.05, 3.63) is 0 Å². The summed E-state index contributed by atoms with van der Waals surface area (Å²) in [4.78, 5) is 11.3. The van der Waals surface area contributed by atoms with Crippen LogP contribution in [0.4, 0.5) is 4.79 Å². The molecular formula is C8H17N3O. The van der Waals surface area contributed by atoms with Crippen LogP contribution >= 0.6 is 0 Å². The number of hydrogen-bond acceptors (Lipinski definition) is 2. The van der Waals surface area contributed by atoms with Crippen molar-refractivity contribution in [1.29, 1.82) is 0 Å². The molecule has 0 aromatic carbocycles. The third kappa shape index (κ3) is 1.39. The molecule has 1 aliphatic rings. The van der Waals surface area contributed by atoms with Gasteiger partial charge in [0.25, 0.3) is 0 Å². The number of carbonyl (C=O) groups excluding carboxylic acids is 1. The highest BCUT2D eigenvalue weighted by atomic mass is 16.2. The molecule has 1 saturated heterocycles. The maximum Gasteiger partial charge on any atom is 0.333 e. The van der Waals surface area contributed by atoms with Crippen molar-refractivity contribution in [3.63, 3.8) is 0 Å². The Morgan fingerprint density at radius 2 is 2.00 bits per heavy atom. The van der Waals surface area contributed by atoms with E-state index in [0.717, 1.165) is 19.5 Å².